The van der Waals surface area contributed by atoms with Crippen LogP contribution in [0.5, 0.6) is 0 Å². The van der Waals surface area contributed by atoms with Crippen molar-refractivity contribution < 1.29 is 35.1 Å². The van der Waals surface area contributed by atoms with Gasteiger partial charge >= 0.3 is 0 Å². The van der Waals surface area contributed by atoms with Gasteiger partial charge in [0.1, 0.15) is 23.2 Å². The summed E-state index contributed by atoms with van der Waals surface area (Å²) in [6.07, 6.45) is 5.07. The monoisotopic (exact) mass is 516 g/mol. The van der Waals surface area contributed by atoms with Crippen molar-refractivity contribution in [3.05, 3.63) is 35.6 Å². The van der Waals surface area contributed by atoms with E-state index in [0.29, 0.717) is 12.8 Å². The Morgan fingerprint density at radius 2 is 1.65 bits per heavy atom. The van der Waals surface area contributed by atoms with Gasteiger partial charge in [-0.1, -0.05) is 52.3 Å². The first-order valence-electron chi connectivity index (χ1n) is 13.3. The number of carbonyl (C=O) groups excluding carboxylic acids is 2. The first-order chi connectivity index (χ1) is 16.7. The van der Waals surface area contributed by atoms with Gasteiger partial charge in [-0.25, -0.2) is 0 Å². The van der Waals surface area contributed by atoms with Gasteiger partial charge in [-0.2, -0.15) is 0 Å². The van der Waals surface area contributed by atoms with E-state index in [1.807, 2.05) is 27.7 Å². The van der Waals surface area contributed by atoms with Crippen molar-refractivity contribution in [1.29, 1.82) is 0 Å². The molecule has 0 spiro atoms. The van der Waals surface area contributed by atoms with E-state index in [9.17, 15) is 35.1 Å². The lowest BCUT2D eigenvalue weighted by Crippen LogP contribution is -2.64. The fourth-order valence-corrected chi connectivity index (χ4v) is 8.70. The zero-order valence-electron chi connectivity index (χ0n) is 23.4. The molecule has 0 aliphatic heterocycles. The quantitative estimate of drug-likeness (QED) is 0.285. The molecule has 7 nitrogen and oxygen atoms in total. The standard InChI is InChI=1S/C30H44O7/c1-25(2,36)12-11-21(33)30(8,37)23-19(32)14-27(5)20-10-9-16-17(13-18(31)24(35)26(16,3)4)29(20,7)22(34)15-28(23,27)6/h9,11-13,17,19-20,23-24,31-32,35-37H,10,14-15H2,1-8H3/b12-11+/t17-,19-,20-,23?,24+,27-,28?,29?,30-/m0/s1. The van der Waals surface area contributed by atoms with Crippen LogP contribution in [-0.2, 0) is 9.59 Å². The molecule has 37 heavy (non-hydrogen) atoms. The van der Waals surface area contributed by atoms with E-state index in [-0.39, 0.29) is 23.9 Å². The van der Waals surface area contributed by atoms with E-state index in [0.717, 1.165) is 5.57 Å². The molecule has 0 saturated heterocycles. The highest BCUT2D eigenvalue weighted by Crippen LogP contribution is 2.73. The molecule has 0 aromatic carbocycles. The van der Waals surface area contributed by atoms with Gasteiger partial charge in [-0.15, -0.1) is 0 Å². The minimum Gasteiger partial charge on any atom is -0.510 e. The van der Waals surface area contributed by atoms with Crippen molar-refractivity contribution in [3.8, 4) is 0 Å². The molecular formula is C30H44O7. The maximum absolute atomic E-state index is 14.2. The smallest absolute Gasteiger partial charge is 0.187 e. The van der Waals surface area contributed by atoms with Crippen LogP contribution in [-0.4, -0.2) is 60.5 Å². The number of carbonyl (C=O) groups is 2. The molecule has 206 valence electrons. The first-order valence-corrected chi connectivity index (χ1v) is 13.3. The van der Waals surface area contributed by atoms with Crippen LogP contribution in [0.15, 0.2) is 35.6 Å². The largest absolute Gasteiger partial charge is 0.510 e. The summed E-state index contributed by atoms with van der Waals surface area (Å²) in [5, 5.41) is 54.4. The van der Waals surface area contributed by atoms with Crippen LogP contribution in [0.1, 0.15) is 74.7 Å². The van der Waals surface area contributed by atoms with Gasteiger partial charge in [0.25, 0.3) is 0 Å². The Labute approximate surface area is 220 Å². The Balaban J connectivity index is 1.81. The molecule has 0 radical (unpaired) electrons. The van der Waals surface area contributed by atoms with Crippen LogP contribution in [0.2, 0.25) is 0 Å². The van der Waals surface area contributed by atoms with Crippen molar-refractivity contribution in [2.75, 3.05) is 0 Å². The van der Waals surface area contributed by atoms with Crippen molar-refractivity contribution >= 4 is 11.6 Å². The van der Waals surface area contributed by atoms with Crippen LogP contribution >= 0.6 is 0 Å². The van der Waals surface area contributed by atoms with Gasteiger partial charge in [0.2, 0.25) is 0 Å². The third-order valence-electron chi connectivity index (χ3n) is 11.0. The number of aliphatic hydroxyl groups excluding tert-OH is 3. The number of ketones is 2. The zero-order valence-corrected chi connectivity index (χ0v) is 23.4. The van der Waals surface area contributed by atoms with Gasteiger partial charge in [0.05, 0.1) is 11.7 Å². The molecule has 2 saturated carbocycles. The van der Waals surface area contributed by atoms with E-state index < -0.39 is 62.7 Å². The zero-order chi connectivity index (χ0) is 28.1. The fraction of sp³-hybridized carbons (Fsp3) is 0.733. The van der Waals surface area contributed by atoms with Crippen molar-refractivity contribution in [1.82, 2.24) is 0 Å². The number of Topliss-reactive ketones (excluding diaryl/α,β-unsaturated/α-hetero) is 1. The van der Waals surface area contributed by atoms with E-state index in [4.69, 9.17) is 0 Å². The molecule has 5 N–H and O–H groups in total. The van der Waals surface area contributed by atoms with Crippen molar-refractivity contribution in [2.45, 2.75) is 98.1 Å². The normalized spacial score (nSPS) is 44.9. The summed E-state index contributed by atoms with van der Waals surface area (Å²) in [6.45, 7) is 14.1. The highest BCUT2D eigenvalue weighted by Gasteiger charge is 2.74. The van der Waals surface area contributed by atoms with Crippen LogP contribution < -0.4 is 0 Å². The average molecular weight is 517 g/mol. The maximum atomic E-state index is 14.2. The highest BCUT2D eigenvalue weighted by atomic mass is 16.3. The summed E-state index contributed by atoms with van der Waals surface area (Å²) in [4.78, 5) is 27.4. The van der Waals surface area contributed by atoms with Gasteiger partial charge in [-0.05, 0) is 62.5 Å². The molecule has 4 aliphatic rings. The molecule has 0 aromatic rings. The number of fused-ring (bicyclic) bond motifs is 5. The number of hydrogen-bond acceptors (Lipinski definition) is 7. The number of aliphatic hydroxyl groups is 5. The van der Waals surface area contributed by atoms with Crippen LogP contribution in [0.4, 0.5) is 0 Å². The Morgan fingerprint density at radius 1 is 1.05 bits per heavy atom. The summed E-state index contributed by atoms with van der Waals surface area (Å²) < 4.78 is 0. The predicted octanol–water partition coefficient (Wildman–Crippen LogP) is 3.41. The maximum Gasteiger partial charge on any atom is 0.187 e. The third kappa shape index (κ3) is 3.68. The first kappa shape index (κ1) is 28.2. The van der Waals surface area contributed by atoms with E-state index in [2.05, 4.69) is 13.0 Å². The Morgan fingerprint density at radius 3 is 2.22 bits per heavy atom. The molecule has 0 amide bonds. The van der Waals surface area contributed by atoms with Crippen molar-refractivity contribution in [2.24, 2.45) is 39.4 Å². The molecule has 4 rings (SSSR count). The molecule has 3 unspecified atom stereocenters. The lowest BCUT2D eigenvalue weighted by Gasteiger charge is -2.64. The molecule has 9 atom stereocenters. The average Bonchev–Trinajstić information content (AvgIpc) is 2.96. The molecule has 2 fully saturated rings. The van der Waals surface area contributed by atoms with E-state index in [1.165, 1.54) is 32.9 Å². The Kier molecular flexibility index (Phi) is 6.18. The topological polar surface area (TPSA) is 135 Å². The SMILES string of the molecule is CC(C)(O)/C=C/C(=O)[C@](C)(O)C1[C@@H](O)C[C@@]2(C)[C@@H]3CC=C4[C@H](C=C(O)[C@@H](O)C4(C)C)C3(C)C(=O)CC12C. The lowest BCUT2D eigenvalue weighted by atomic mass is 9.39. The molecule has 4 aliphatic carbocycles. The molecular weight excluding hydrogens is 472 g/mol. The number of rotatable bonds is 4. The van der Waals surface area contributed by atoms with Gasteiger partial charge < -0.3 is 25.5 Å². The van der Waals surface area contributed by atoms with Gasteiger partial charge in [0, 0.05) is 29.1 Å². The van der Waals surface area contributed by atoms with E-state index in [1.54, 1.807) is 6.08 Å². The van der Waals surface area contributed by atoms with Crippen molar-refractivity contribution in [3.63, 3.8) is 0 Å². The summed E-state index contributed by atoms with van der Waals surface area (Å²) in [6, 6.07) is 0. The fourth-order valence-electron chi connectivity index (χ4n) is 8.70. The predicted molar refractivity (Wildman–Crippen MR) is 139 cm³/mol. The van der Waals surface area contributed by atoms with Gasteiger partial charge in [-0.3, -0.25) is 9.59 Å². The lowest BCUT2D eigenvalue weighted by molar-refractivity contribution is -0.179. The van der Waals surface area contributed by atoms with Gasteiger partial charge in [0.15, 0.2) is 5.78 Å². The molecule has 7 heteroatoms. The summed E-state index contributed by atoms with van der Waals surface area (Å²) >= 11 is 0. The Bertz CT molecular complexity index is 1110. The van der Waals surface area contributed by atoms with Crippen LogP contribution in [0.3, 0.4) is 0 Å². The third-order valence-corrected chi connectivity index (χ3v) is 11.0. The van der Waals surface area contributed by atoms with Crippen LogP contribution in [0.25, 0.3) is 0 Å². The number of hydrogen-bond donors (Lipinski definition) is 5. The highest BCUT2D eigenvalue weighted by molar-refractivity contribution is 5.97. The molecule has 0 heterocycles. The summed E-state index contributed by atoms with van der Waals surface area (Å²) in [5.41, 5.74) is -5.35. The van der Waals surface area contributed by atoms with E-state index >= 15 is 0 Å². The Hall–Kier alpha value is -1.80. The van der Waals surface area contributed by atoms with Crippen LogP contribution in [0, 0.1) is 39.4 Å². The second kappa shape index (κ2) is 8.10. The second-order valence-corrected chi connectivity index (χ2v) is 14.1. The minimum atomic E-state index is -1.95. The number of allylic oxidation sites excluding steroid dienone is 2. The summed E-state index contributed by atoms with van der Waals surface area (Å²) in [5.74, 6) is -2.28. The molecule has 0 bridgehead atoms. The second-order valence-electron chi connectivity index (χ2n) is 14.1. The minimum absolute atomic E-state index is 0.0290. The summed E-state index contributed by atoms with van der Waals surface area (Å²) in [7, 11) is 0. The molecule has 0 aromatic heterocycles.